The van der Waals surface area contributed by atoms with Crippen LogP contribution in [0.2, 0.25) is 0 Å². The Kier molecular flexibility index (Phi) is 5.83. The Balaban J connectivity index is 1.75. The van der Waals surface area contributed by atoms with Crippen LogP contribution in [0.1, 0.15) is 18.4 Å². The van der Waals surface area contributed by atoms with Gasteiger partial charge in [0.2, 0.25) is 0 Å². The van der Waals surface area contributed by atoms with Crippen molar-refractivity contribution in [3.05, 3.63) is 29.8 Å². The molecular formula is C15H23N3O3. The van der Waals surface area contributed by atoms with Crippen LogP contribution < -0.4 is 10.5 Å². The van der Waals surface area contributed by atoms with Crippen molar-refractivity contribution in [1.82, 2.24) is 4.90 Å². The van der Waals surface area contributed by atoms with Gasteiger partial charge in [-0.2, -0.15) is 0 Å². The summed E-state index contributed by atoms with van der Waals surface area (Å²) in [6.07, 6.45) is 2.25. The third-order valence-corrected chi connectivity index (χ3v) is 3.80. The van der Waals surface area contributed by atoms with E-state index in [1.54, 1.807) is 24.3 Å². The molecule has 1 atom stereocenters. The summed E-state index contributed by atoms with van der Waals surface area (Å²) in [5.41, 5.74) is 6.16. The summed E-state index contributed by atoms with van der Waals surface area (Å²) < 4.78 is 5.70. The van der Waals surface area contributed by atoms with Crippen molar-refractivity contribution in [2.75, 3.05) is 32.8 Å². The van der Waals surface area contributed by atoms with Crippen LogP contribution in [0.25, 0.3) is 0 Å². The topological polar surface area (TPSA) is 91.3 Å². The van der Waals surface area contributed by atoms with E-state index in [0.717, 1.165) is 38.2 Å². The maximum Gasteiger partial charge on any atom is 0.170 e. The normalized spacial score (nSPS) is 20.4. The summed E-state index contributed by atoms with van der Waals surface area (Å²) in [5.74, 6) is 1.25. The van der Waals surface area contributed by atoms with Gasteiger partial charge in [-0.15, -0.1) is 0 Å². The highest BCUT2D eigenvalue weighted by Crippen LogP contribution is 2.16. The number of aliphatic hydroxyl groups is 1. The van der Waals surface area contributed by atoms with Crippen LogP contribution in [0.3, 0.4) is 0 Å². The quantitative estimate of drug-likeness (QED) is 0.313. The second-order valence-corrected chi connectivity index (χ2v) is 5.35. The lowest BCUT2D eigenvalue weighted by molar-refractivity contribution is 0.107. The average Bonchev–Trinajstić information content (AvgIpc) is 2.55. The first-order chi connectivity index (χ1) is 10.2. The highest BCUT2D eigenvalue weighted by atomic mass is 16.5. The molecule has 0 aliphatic carbocycles. The smallest absolute Gasteiger partial charge is 0.170 e. The second kappa shape index (κ2) is 7.85. The number of hydrogen-bond donors (Lipinski definition) is 3. The number of benzene rings is 1. The van der Waals surface area contributed by atoms with E-state index in [1.807, 2.05) is 0 Å². The third kappa shape index (κ3) is 4.61. The summed E-state index contributed by atoms with van der Waals surface area (Å²) in [4.78, 5) is 2.33. The van der Waals surface area contributed by atoms with Crippen molar-refractivity contribution in [1.29, 1.82) is 0 Å². The SMILES string of the molecule is NC(=NO)c1ccc(OCCN2CCCC(CO)C2)cc1. The van der Waals surface area contributed by atoms with Gasteiger partial charge >= 0.3 is 0 Å². The molecule has 0 radical (unpaired) electrons. The second-order valence-electron chi connectivity index (χ2n) is 5.35. The Morgan fingerprint density at radius 2 is 2.14 bits per heavy atom. The van der Waals surface area contributed by atoms with Crippen molar-refractivity contribution in [2.45, 2.75) is 12.8 Å². The minimum atomic E-state index is 0.0879. The zero-order chi connectivity index (χ0) is 15.1. The number of nitrogens with zero attached hydrogens (tertiary/aromatic N) is 2. The monoisotopic (exact) mass is 293 g/mol. The molecule has 0 amide bonds. The van der Waals surface area contributed by atoms with Crippen molar-refractivity contribution >= 4 is 5.84 Å². The highest BCUT2D eigenvalue weighted by Gasteiger charge is 2.18. The Morgan fingerprint density at radius 3 is 2.81 bits per heavy atom. The minimum absolute atomic E-state index is 0.0879. The number of rotatable bonds is 6. The fourth-order valence-electron chi connectivity index (χ4n) is 2.58. The first-order valence-electron chi connectivity index (χ1n) is 7.27. The molecule has 1 heterocycles. The Morgan fingerprint density at radius 1 is 1.38 bits per heavy atom. The molecule has 1 unspecified atom stereocenters. The molecule has 2 rings (SSSR count). The first kappa shape index (κ1) is 15.6. The molecule has 0 bridgehead atoms. The van der Waals surface area contributed by atoms with Gasteiger partial charge in [0.15, 0.2) is 5.84 Å². The van der Waals surface area contributed by atoms with Gasteiger partial charge in [-0.25, -0.2) is 0 Å². The van der Waals surface area contributed by atoms with Gasteiger partial charge < -0.3 is 20.8 Å². The number of amidine groups is 1. The van der Waals surface area contributed by atoms with Crippen LogP contribution in [0.15, 0.2) is 29.4 Å². The van der Waals surface area contributed by atoms with Crippen LogP contribution in [-0.4, -0.2) is 53.9 Å². The van der Waals surface area contributed by atoms with E-state index >= 15 is 0 Å². The lowest BCUT2D eigenvalue weighted by Gasteiger charge is -2.31. The molecule has 4 N–H and O–H groups in total. The predicted octanol–water partition coefficient (Wildman–Crippen LogP) is 0.864. The van der Waals surface area contributed by atoms with Gasteiger partial charge in [-0.3, -0.25) is 4.90 Å². The van der Waals surface area contributed by atoms with Crippen molar-refractivity contribution < 1.29 is 15.1 Å². The zero-order valence-corrected chi connectivity index (χ0v) is 12.1. The molecule has 6 nitrogen and oxygen atoms in total. The molecule has 1 fully saturated rings. The molecule has 1 aliphatic heterocycles. The lowest BCUT2D eigenvalue weighted by atomic mass is 9.99. The standard InChI is InChI=1S/C15H23N3O3/c16-15(17-20)13-3-5-14(6-4-13)21-9-8-18-7-1-2-12(10-18)11-19/h3-6,12,19-20H,1-2,7-11H2,(H2,16,17). The first-order valence-corrected chi connectivity index (χ1v) is 7.27. The van der Waals surface area contributed by atoms with Gasteiger partial charge in [-0.05, 0) is 49.6 Å². The van der Waals surface area contributed by atoms with Crippen molar-refractivity contribution in [3.63, 3.8) is 0 Å². The van der Waals surface area contributed by atoms with Gasteiger partial charge in [0, 0.05) is 25.3 Å². The molecule has 6 heteroatoms. The van der Waals surface area contributed by atoms with Gasteiger partial charge in [0.25, 0.3) is 0 Å². The molecular weight excluding hydrogens is 270 g/mol. The van der Waals surface area contributed by atoms with Crippen LogP contribution >= 0.6 is 0 Å². The minimum Gasteiger partial charge on any atom is -0.492 e. The Hall–Kier alpha value is -1.79. The number of likely N-dealkylation sites (tertiary alicyclic amines) is 1. The van der Waals surface area contributed by atoms with Crippen molar-refractivity contribution in [2.24, 2.45) is 16.8 Å². The van der Waals surface area contributed by atoms with E-state index in [1.165, 1.54) is 0 Å². The zero-order valence-electron chi connectivity index (χ0n) is 12.1. The molecule has 1 saturated heterocycles. The Bertz CT molecular complexity index is 462. The number of hydrogen-bond acceptors (Lipinski definition) is 5. The van der Waals surface area contributed by atoms with Gasteiger partial charge in [-0.1, -0.05) is 5.16 Å². The van der Waals surface area contributed by atoms with E-state index in [2.05, 4.69) is 10.1 Å². The lowest BCUT2D eigenvalue weighted by Crippen LogP contribution is -2.39. The largest absolute Gasteiger partial charge is 0.492 e. The Labute approximate surface area is 124 Å². The number of oxime groups is 1. The van der Waals surface area contributed by atoms with Crippen LogP contribution in [0, 0.1) is 5.92 Å². The fourth-order valence-corrected chi connectivity index (χ4v) is 2.58. The predicted molar refractivity (Wildman–Crippen MR) is 80.7 cm³/mol. The van der Waals surface area contributed by atoms with E-state index in [9.17, 15) is 5.11 Å². The molecule has 0 spiro atoms. The van der Waals surface area contributed by atoms with E-state index < -0.39 is 0 Å². The van der Waals surface area contributed by atoms with Crippen LogP contribution in [0.4, 0.5) is 0 Å². The van der Waals surface area contributed by atoms with Gasteiger partial charge in [0.1, 0.15) is 12.4 Å². The molecule has 1 aromatic rings. The summed E-state index contributed by atoms with van der Waals surface area (Å²) >= 11 is 0. The maximum atomic E-state index is 9.21. The summed E-state index contributed by atoms with van der Waals surface area (Å²) in [6.45, 7) is 3.76. The summed E-state index contributed by atoms with van der Waals surface area (Å²) in [5, 5.41) is 20.8. The van der Waals surface area contributed by atoms with E-state index in [4.69, 9.17) is 15.7 Å². The van der Waals surface area contributed by atoms with Crippen molar-refractivity contribution in [3.8, 4) is 5.75 Å². The molecule has 1 aliphatic rings. The summed E-state index contributed by atoms with van der Waals surface area (Å²) in [6, 6.07) is 7.13. The maximum absolute atomic E-state index is 9.21. The number of nitrogens with two attached hydrogens (primary N) is 1. The fraction of sp³-hybridized carbons (Fsp3) is 0.533. The molecule has 1 aromatic carbocycles. The van der Waals surface area contributed by atoms with Crippen LogP contribution in [0.5, 0.6) is 5.75 Å². The summed E-state index contributed by atoms with van der Waals surface area (Å²) in [7, 11) is 0. The van der Waals surface area contributed by atoms with E-state index in [-0.39, 0.29) is 12.4 Å². The third-order valence-electron chi connectivity index (χ3n) is 3.80. The molecule has 0 aromatic heterocycles. The number of piperidine rings is 1. The van der Waals surface area contributed by atoms with Crippen LogP contribution in [-0.2, 0) is 0 Å². The molecule has 0 saturated carbocycles. The van der Waals surface area contributed by atoms with E-state index in [0.29, 0.717) is 18.1 Å². The van der Waals surface area contributed by atoms with Gasteiger partial charge in [0.05, 0.1) is 0 Å². The molecule has 116 valence electrons. The number of ether oxygens (including phenoxy) is 1. The number of aliphatic hydroxyl groups excluding tert-OH is 1. The average molecular weight is 293 g/mol. The highest BCUT2D eigenvalue weighted by molar-refractivity contribution is 5.97. The molecule has 21 heavy (non-hydrogen) atoms.